The fourth-order valence-corrected chi connectivity index (χ4v) is 3.83. The largest absolute Gasteiger partial charge is 0.344 e. The van der Waals surface area contributed by atoms with Crippen molar-refractivity contribution in [2.75, 3.05) is 5.32 Å². The molecule has 1 aliphatic rings. The fourth-order valence-electron chi connectivity index (χ4n) is 3.65. The van der Waals surface area contributed by atoms with Crippen molar-refractivity contribution in [3.05, 3.63) is 29.0 Å². The topological polar surface area (TPSA) is 58.2 Å². The minimum Gasteiger partial charge on any atom is -0.344 e. The average Bonchev–Trinajstić information content (AvgIpc) is 2.62. The standard InChI is InChI=1S/C21H30ClFN2O2/c1-12(2)14-5-7-15(8-6-14)20(26)25-19(13(3)4)21(27)24-16-9-10-18(23)17(22)11-16/h9-15,19H,5-8H2,1-4H3,(H,24,27)(H,25,26)/t14?,15?,19-/m1/s1. The molecule has 1 fully saturated rings. The van der Waals surface area contributed by atoms with Crippen LogP contribution in [0, 0.1) is 29.5 Å². The summed E-state index contributed by atoms with van der Waals surface area (Å²) in [5.74, 6) is 0.304. The molecule has 2 N–H and O–H groups in total. The Morgan fingerprint density at radius 1 is 1.11 bits per heavy atom. The first-order chi connectivity index (χ1) is 12.7. The lowest BCUT2D eigenvalue weighted by Gasteiger charge is -2.31. The summed E-state index contributed by atoms with van der Waals surface area (Å²) < 4.78 is 13.3. The van der Waals surface area contributed by atoms with E-state index in [-0.39, 0.29) is 28.7 Å². The van der Waals surface area contributed by atoms with Gasteiger partial charge in [-0.25, -0.2) is 4.39 Å². The van der Waals surface area contributed by atoms with Crippen LogP contribution in [0.5, 0.6) is 0 Å². The van der Waals surface area contributed by atoms with Crippen molar-refractivity contribution in [1.82, 2.24) is 5.32 Å². The molecule has 2 amide bonds. The molecular weight excluding hydrogens is 367 g/mol. The summed E-state index contributed by atoms with van der Waals surface area (Å²) in [4.78, 5) is 25.3. The van der Waals surface area contributed by atoms with E-state index >= 15 is 0 Å². The molecule has 0 heterocycles. The third-order valence-electron chi connectivity index (χ3n) is 5.52. The highest BCUT2D eigenvalue weighted by Crippen LogP contribution is 2.33. The minimum atomic E-state index is -0.649. The Hall–Kier alpha value is -1.62. The van der Waals surface area contributed by atoms with Gasteiger partial charge in [-0.15, -0.1) is 0 Å². The van der Waals surface area contributed by atoms with Crippen LogP contribution >= 0.6 is 11.6 Å². The third-order valence-corrected chi connectivity index (χ3v) is 5.81. The summed E-state index contributed by atoms with van der Waals surface area (Å²) in [5, 5.41) is 5.58. The highest BCUT2D eigenvalue weighted by Gasteiger charge is 2.31. The van der Waals surface area contributed by atoms with Crippen LogP contribution in [0.3, 0.4) is 0 Å². The Bertz CT molecular complexity index is 670. The summed E-state index contributed by atoms with van der Waals surface area (Å²) in [7, 11) is 0. The number of nitrogens with one attached hydrogen (secondary N) is 2. The van der Waals surface area contributed by atoms with Gasteiger partial charge >= 0.3 is 0 Å². The second-order valence-corrected chi connectivity index (χ2v) is 8.61. The number of carbonyl (C=O) groups excluding carboxylic acids is 2. The van der Waals surface area contributed by atoms with Gasteiger partial charge in [0.15, 0.2) is 0 Å². The zero-order chi connectivity index (χ0) is 20.1. The minimum absolute atomic E-state index is 0.0330. The van der Waals surface area contributed by atoms with Crippen molar-refractivity contribution in [2.45, 2.75) is 59.4 Å². The van der Waals surface area contributed by atoms with E-state index in [2.05, 4.69) is 24.5 Å². The van der Waals surface area contributed by atoms with E-state index in [1.807, 2.05) is 13.8 Å². The van der Waals surface area contributed by atoms with Gasteiger partial charge in [-0.2, -0.15) is 0 Å². The Morgan fingerprint density at radius 2 is 1.74 bits per heavy atom. The van der Waals surface area contributed by atoms with E-state index in [1.165, 1.54) is 18.2 Å². The number of hydrogen-bond donors (Lipinski definition) is 2. The van der Waals surface area contributed by atoms with Crippen LogP contribution in [0.4, 0.5) is 10.1 Å². The maximum atomic E-state index is 13.3. The third kappa shape index (κ3) is 5.93. The van der Waals surface area contributed by atoms with Gasteiger partial charge in [0.1, 0.15) is 11.9 Å². The predicted octanol–water partition coefficient (Wildman–Crippen LogP) is 5.02. The van der Waals surface area contributed by atoms with Gasteiger partial charge in [0.05, 0.1) is 5.02 Å². The molecule has 0 radical (unpaired) electrons. The van der Waals surface area contributed by atoms with Gasteiger partial charge in [0.25, 0.3) is 0 Å². The number of anilines is 1. The summed E-state index contributed by atoms with van der Waals surface area (Å²) in [6, 6.07) is 3.37. The lowest BCUT2D eigenvalue weighted by atomic mass is 9.76. The smallest absolute Gasteiger partial charge is 0.247 e. The van der Waals surface area contributed by atoms with Crippen LogP contribution in [0.1, 0.15) is 53.4 Å². The molecule has 0 bridgehead atoms. The molecule has 6 heteroatoms. The molecule has 0 unspecified atom stereocenters. The lowest BCUT2D eigenvalue weighted by molar-refractivity contribution is -0.131. The van der Waals surface area contributed by atoms with Gasteiger partial charge in [0, 0.05) is 11.6 Å². The van der Waals surface area contributed by atoms with Gasteiger partial charge < -0.3 is 10.6 Å². The van der Waals surface area contributed by atoms with Crippen LogP contribution in [0.2, 0.25) is 5.02 Å². The van der Waals surface area contributed by atoms with Crippen LogP contribution in [-0.2, 0) is 9.59 Å². The Balaban J connectivity index is 1.97. The van der Waals surface area contributed by atoms with Gasteiger partial charge in [-0.1, -0.05) is 39.3 Å². The lowest BCUT2D eigenvalue weighted by Crippen LogP contribution is -2.49. The monoisotopic (exact) mass is 396 g/mol. The Kier molecular flexibility index (Phi) is 7.66. The van der Waals surface area contributed by atoms with Crippen molar-refractivity contribution in [3.63, 3.8) is 0 Å². The highest BCUT2D eigenvalue weighted by molar-refractivity contribution is 6.31. The van der Waals surface area contributed by atoms with Crippen LogP contribution < -0.4 is 10.6 Å². The predicted molar refractivity (Wildman–Crippen MR) is 107 cm³/mol. The summed E-state index contributed by atoms with van der Waals surface area (Å²) >= 11 is 5.76. The molecule has 0 spiro atoms. The number of hydrogen-bond acceptors (Lipinski definition) is 2. The molecule has 0 aromatic heterocycles. The first-order valence-corrected chi connectivity index (χ1v) is 10.1. The Labute approximate surface area is 166 Å². The van der Waals surface area contributed by atoms with Crippen LogP contribution in [0.25, 0.3) is 0 Å². The van der Waals surface area contributed by atoms with E-state index < -0.39 is 11.9 Å². The van der Waals surface area contributed by atoms with Crippen molar-refractivity contribution in [2.24, 2.45) is 23.7 Å². The molecule has 1 aromatic carbocycles. The Morgan fingerprint density at radius 3 is 2.26 bits per heavy atom. The van der Waals surface area contributed by atoms with E-state index in [1.54, 1.807) is 0 Å². The molecule has 4 nitrogen and oxygen atoms in total. The van der Waals surface area contributed by atoms with Crippen molar-refractivity contribution < 1.29 is 14.0 Å². The van der Waals surface area contributed by atoms with Gasteiger partial charge in [0.2, 0.25) is 11.8 Å². The van der Waals surface area contributed by atoms with Crippen molar-refractivity contribution >= 4 is 29.1 Å². The summed E-state index contributed by atoms with van der Waals surface area (Å²) in [6.07, 6.45) is 3.86. The zero-order valence-corrected chi connectivity index (χ0v) is 17.3. The first kappa shape index (κ1) is 21.7. The normalized spacial score (nSPS) is 21.2. The molecule has 1 atom stereocenters. The van der Waals surface area contributed by atoms with E-state index in [0.717, 1.165) is 25.7 Å². The fraction of sp³-hybridized carbons (Fsp3) is 0.619. The van der Waals surface area contributed by atoms with Crippen LogP contribution in [0.15, 0.2) is 18.2 Å². The highest BCUT2D eigenvalue weighted by atomic mass is 35.5. The molecule has 1 aliphatic carbocycles. The molecule has 1 saturated carbocycles. The molecule has 0 aliphatic heterocycles. The van der Waals surface area contributed by atoms with Gasteiger partial charge in [-0.05, 0) is 61.6 Å². The number of rotatable bonds is 6. The summed E-state index contributed by atoms with van der Waals surface area (Å²) in [6.45, 7) is 8.23. The molecule has 0 saturated heterocycles. The quantitative estimate of drug-likeness (QED) is 0.709. The maximum absolute atomic E-state index is 13.3. The molecular formula is C21H30ClFN2O2. The number of amides is 2. The van der Waals surface area contributed by atoms with Gasteiger partial charge in [-0.3, -0.25) is 9.59 Å². The van der Waals surface area contributed by atoms with Crippen molar-refractivity contribution in [1.29, 1.82) is 0 Å². The van der Waals surface area contributed by atoms with Crippen molar-refractivity contribution in [3.8, 4) is 0 Å². The number of carbonyl (C=O) groups is 2. The summed E-state index contributed by atoms with van der Waals surface area (Å²) in [5.41, 5.74) is 0.406. The van der Waals surface area contributed by atoms with Crippen LogP contribution in [-0.4, -0.2) is 17.9 Å². The second-order valence-electron chi connectivity index (χ2n) is 8.20. The second kappa shape index (κ2) is 9.54. The maximum Gasteiger partial charge on any atom is 0.247 e. The number of benzene rings is 1. The molecule has 27 heavy (non-hydrogen) atoms. The molecule has 1 aromatic rings. The molecule has 2 rings (SSSR count). The van der Waals surface area contributed by atoms with E-state index in [0.29, 0.717) is 17.5 Å². The SMILES string of the molecule is CC(C)C1CCC(C(=O)N[C@@H](C(=O)Nc2ccc(F)c(Cl)c2)C(C)C)CC1. The zero-order valence-electron chi connectivity index (χ0n) is 16.5. The number of halogens is 2. The first-order valence-electron chi connectivity index (χ1n) is 9.75. The van der Waals surface area contributed by atoms with E-state index in [4.69, 9.17) is 11.6 Å². The average molecular weight is 397 g/mol. The van der Waals surface area contributed by atoms with E-state index in [9.17, 15) is 14.0 Å². The molecule has 150 valence electrons.